The number of amides is 1. The molecule has 6 nitrogen and oxygen atoms in total. The summed E-state index contributed by atoms with van der Waals surface area (Å²) in [5.41, 5.74) is 10.3. The number of hydrogen-bond donors (Lipinski definition) is 3. The second-order valence-corrected chi connectivity index (χ2v) is 6.43. The number of aromatic amines is 1. The predicted octanol–water partition coefficient (Wildman–Crippen LogP) is 3.38. The minimum absolute atomic E-state index is 0.123. The molecule has 0 radical (unpaired) electrons. The molecule has 1 unspecified atom stereocenters. The van der Waals surface area contributed by atoms with Crippen LogP contribution in [0.3, 0.4) is 0 Å². The number of fused-ring (bicyclic) bond motifs is 2. The Balaban J connectivity index is 1.88. The largest absolute Gasteiger partial charge is 0.374 e. The van der Waals surface area contributed by atoms with Gasteiger partial charge in [-0.1, -0.05) is 30.3 Å². The molecule has 1 aliphatic heterocycles. The highest BCUT2D eigenvalue weighted by atomic mass is 19.1. The average Bonchev–Trinajstić information content (AvgIpc) is 3.04. The molecule has 132 valence electrons. The number of hydrogen-bond acceptors (Lipinski definition) is 4. The van der Waals surface area contributed by atoms with Crippen molar-refractivity contribution in [2.75, 3.05) is 5.32 Å². The number of para-hydroxylation sites is 1. The van der Waals surface area contributed by atoms with Crippen LogP contribution in [0.4, 0.5) is 10.1 Å². The second-order valence-electron chi connectivity index (χ2n) is 6.43. The van der Waals surface area contributed by atoms with Crippen LogP contribution in [0.15, 0.2) is 54.7 Å². The molecule has 3 heterocycles. The molecule has 1 atom stereocenters. The lowest BCUT2D eigenvalue weighted by Gasteiger charge is -2.19. The van der Waals surface area contributed by atoms with Gasteiger partial charge in [-0.2, -0.15) is 0 Å². The van der Waals surface area contributed by atoms with Crippen LogP contribution in [0, 0.1) is 5.82 Å². The normalized spacial score (nSPS) is 15.1. The lowest BCUT2D eigenvalue weighted by atomic mass is 9.95. The lowest BCUT2D eigenvalue weighted by Crippen LogP contribution is -2.15. The van der Waals surface area contributed by atoms with E-state index in [9.17, 15) is 9.18 Å². The standard InChI is InChI=1S/C20H14FN5O/c21-11-7-5-10(6-8-11)17-13-9-23-20-16(13)15(18(19(22)27)25-26-20)12-3-1-2-4-14(12)24-17/h1-9,17,24H,(H2,22,27)(H,23,26). The van der Waals surface area contributed by atoms with Crippen LogP contribution in [0.2, 0.25) is 0 Å². The molecule has 7 heteroatoms. The smallest absolute Gasteiger partial charge is 0.269 e. The van der Waals surface area contributed by atoms with Gasteiger partial charge in [0.2, 0.25) is 0 Å². The Hall–Kier alpha value is -3.74. The van der Waals surface area contributed by atoms with E-state index in [-0.39, 0.29) is 17.6 Å². The van der Waals surface area contributed by atoms with Crippen molar-refractivity contribution in [2.45, 2.75) is 6.04 Å². The van der Waals surface area contributed by atoms with Gasteiger partial charge < -0.3 is 16.0 Å². The van der Waals surface area contributed by atoms with E-state index in [4.69, 9.17) is 5.73 Å². The minimum atomic E-state index is -0.637. The third-order valence-corrected chi connectivity index (χ3v) is 4.87. The summed E-state index contributed by atoms with van der Waals surface area (Å²) in [4.78, 5) is 15.2. The van der Waals surface area contributed by atoms with E-state index in [2.05, 4.69) is 20.5 Å². The van der Waals surface area contributed by atoms with Crippen LogP contribution in [0.25, 0.3) is 22.2 Å². The minimum Gasteiger partial charge on any atom is -0.374 e. The average molecular weight is 359 g/mol. The molecule has 4 aromatic rings. The van der Waals surface area contributed by atoms with Crippen LogP contribution >= 0.6 is 0 Å². The zero-order chi connectivity index (χ0) is 18.5. The maximum absolute atomic E-state index is 13.4. The molecule has 5 rings (SSSR count). The number of rotatable bonds is 2. The number of benzene rings is 2. The predicted molar refractivity (Wildman–Crippen MR) is 99.7 cm³/mol. The molecule has 4 N–H and O–H groups in total. The van der Waals surface area contributed by atoms with Gasteiger partial charge in [0.05, 0.1) is 6.04 Å². The number of aromatic nitrogens is 3. The summed E-state index contributed by atoms with van der Waals surface area (Å²) in [5, 5.41) is 12.5. The van der Waals surface area contributed by atoms with E-state index in [0.29, 0.717) is 11.2 Å². The summed E-state index contributed by atoms with van der Waals surface area (Å²) in [7, 11) is 0. The molecule has 0 bridgehead atoms. The Kier molecular flexibility index (Phi) is 3.24. The first-order chi connectivity index (χ1) is 13.1. The van der Waals surface area contributed by atoms with Gasteiger partial charge in [-0.05, 0) is 23.8 Å². The Morgan fingerprint density at radius 2 is 1.85 bits per heavy atom. The third kappa shape index (κ3) is 2.28. The van der Waals surface area contributed by atoms with Gasteiger partial charge in [0, 0.05) is 34.0 Å². The molecule has 0 aliphatic carbocycles. The van der Waals surface area contributed by atoms with Crippen molar-refractivity contribution in [1.82, 2.24) is 15.2 Å². The van der Waals surface area contributed by atoms with Gasteiger partial charge in [0.15, 0.2) is 11.3 Å². The topological polar surface area (TPSA) is 96.7 Å². The zero-order valence-corrected chi connectivity index (χ0v) is 14.0. The van der Waals surface area contributed by atoms with Crippen molar-refractivity contribution in [2.24, 2.45) is 5.73 Å². The molecule has 0 fully saturated rings. The molecular formula is C20H14FN5O. The van der Waals surface area contributed by atoms with Crippen LogP contribution in [0.5, 0.6) is 0 Å². The van der Waals surface area contributed by atoms with Gasteiger partial charge in [-0.3, -0.25) is 4.79 Å². The van der Waals surface area contributed by atoms with Crippen LogP contribution < -0.4 is 11.1 Å². The molecule has 0 saturated heterocycles. The van der Waals surface area contributed by atoms with Crippen molar-refractivity contribution < 1.29 is 9.18 Å². The number of nitrogens with two attached hydrogens (primary N) is 1. The first-order valence-electron chi connectivity index (χ1n) is 8.42. The summed E-state index contributed by atoms with van der Waals surface area (Å²) < 4.78 is 13.4. The fourth-order valence-corrected chi connectivity index (χ4v) is 3.68. The van der Waals surface area contributed by atoms with Gasteiger partial charge >= 0.3 is 0 Å². The summed E-state index contributed by atoms with van der Waals surface area (Å²) in [5.74, 6) is -0.934. The number of primary amides is 1. The highest BCUT2D eigenvalue weighted by Gasteiger charge is 2.29. The third-order valence-electron chi connectivity index (χ3n) is 4.87. The van der Waals surface area contributed by atoms with E-state index >= 15 is 0 Å². The molecule has 2 aromatic carbocycles. The quantitative estimate of drug-likeness (QED) is 0.511. The highest BCUT2D eigenvalue weighted by molar-refractivity contribution is 6.10. The van der Waals surface area contributed by atoms with Gasteiger partial charge in [-0.15, -0.1) is 10.2 Å². The van der Waals surface area contributed by atoms with Gasteiger partial charge in [0.25, 0.3) is 5.91 Å². The summed E-state index contributed by atoms with van der Waals surface area (Å²) in [6.45, 7) is 0. The molecule has 27 heavy (non-hydrogen) atoms. The highest BCUT2D eigenvalue weighted by Crippen LogP contribution is 2.44. The fourth-order valence-electron chi connectivity index (χ4n) is 3.68. The Morgan fingerprint density at radius 1 is 1.07 bits per heavy atom. The maximum atomic E-state index is 13.4. The second kappa shape index (κ2) is 5.63. The van der Waals surface area contributed by atoms with Gasteiger partial charge in [0.1, 0.15) is 5.82 Å². The Bertz CT molecular complexity index is 1200. The summed E-state index contributed by atoms with van der Waals surface area (Å²) in [6.07, 6.45) is 1.83. The number of anilines is 1. The number of halogens is 1. The van der Waals surface area contributed by atoms with Crippen molar-refractivity contribution in [3.8, 4) is 11.1 Å². The molecule has 0 saturated carbocycles. The van der Waals surface area contributed by atoms with E-state index in [1.165, 1.54) is 12.1 Å². The molecular weight excluding hydrogens is 345 g/mol. The van der Waals surface area contributed by atoms with Crippen molar-refractivity contribution in [3.63, 3.8) is 0 Å². The SMILES string of the molecule is NC(=O)c1nnc2[nH]cc3c2c1-c1ccccc1NC3c1ccc(F)cc1. The van der Waals surface area contributed by atoms with Crippen LogP contribution in [0.1, 0.15) is 27.7 Å². The van der Waals surface area contributed by atoms with E-state index in [1.54, 1.807) is 12.1 Å². The number of nitrogens with zero attached hydrogens (tertiary/aromatic N) is 2. The van der Waals surface area contributed by atoms with Crippen molar-refractivity contribution >= 4 is 22.6 Å². The fraction of sp³-hybridized carbons (Fsp3) is 0.0500. The van der Waals surface area contributed by atoms with E-state index in [0.717, 1.165) is 27.8 Å². The first-order valence-corrected chi connectivity index (χ1v) is 8.42. The lowest BCUT2D eigenvalue weighted by molar-refractivity contribution is 0.0995. The number of carbonyl (C=O) groups excluding carboxylic acids is 1. The van der Waals surface area contributed by atoms with Crippen molar-refractivity contribution in [3.05, 3.63) is 77.4 Å². The maximum Gasteiger partial charge on any atom is 0.269 e. The molecule has 1 amide bonds. The first kappa shape index (κ1) is 15.5. The van der Waals surface area contributed by atoms with E-state index < -0.39 is 5.91 Å². The molecule has 1 aliphatic rings. The number of nitrogens with one attached hydrogen (secondary N) is 2. The molecule has 2 aromatic heterocycles. The van der Waals surface area contributed by atoms with Crippen LogP contribution in [-0.2, 0) is 0 Å². The van der Waals surface area contributed by atoms with E-state index in [1.807, 2.05) is 30.5 Å². The van der Waals surface area contributed by atoms with Gasteiger partial charge in [-0.25, -0.2) is 4.39 Å². The Morgan fingerprint density at radius 3 is 2.63 bits per heavy atom. The summed E-state index contributed by atoms with van der Waals surface area (Å²) >= 11 is 0. The number of carbonyl (C=O) groups is 1. The van der Waals surface area contributed by atoms with Crippen molar-refractivity contribution in [1.29, 1.82) is 0 Å². The monoisotopic (exact) mass is 359 g/mol. The Labute approximate surface area is 153 Å². The number of H-pyrrole nitrogens is 1. The van der Waals surface area contributed by atoms with Crippen LogP contribution in [-0.4, -0.2) is 21.1 Å². The zero-order valence-electron chi connectivity index (χ0n) is 14.0. The molecule has 0 spiro atoms. The summed E-state index contributed by atoms with van der Waals surface area (Å²) in [6, 6.07) is 13.7.